The highest BCUT2D eigenvalue weighted by Crippen LogP contribution is 2.42. The summed E-state index contributed by atoms with van der Waals surface area (Å²) in [6.45, 7) is 5.45. The van der Waals surface area contributed by atoms with Crippen LogP contribution in [0.2, 0.25) is 0 Å². The molecule has 2 rings (SSSR count). The number of aliphatic carboxylic acids is 1. The first-order chi connectivity index (χ1) is 7.79. The van der Waals surface area contributed by atoms with Crippen molar-refractivity contribution in [2.45, 2.75) is 57.7 Å². The lowest BCUT2D eigenvalue weighted by molar-refractivity contribution is -0.142. The summed E-state index contributed by atoms with van der Waals surface area (Å²) in [7, 11) is 0. The molecule has 1 N–H and O–H groups in total. The number of carboxylic acid groups (broad SMARTS) is 1. The Hall–Kier alpha value is -1.26. The van der Waals surface area contributed by atoms with Crippen LogP contribution in [-0.2, 0) is 9.53 Å². The first kappa shape index (κ1) is 12.2. The molecule has 0 spiro atoms. The number of rotatable bonds is 1. The molecule has 0 aromatic rings. The first-order valence-electron chi connectivity index (χ1n) is 6.04. The molecule has 1 amide bonds. The van der Waals surface area contributed by atoms with Gasteiger partial charge in [-0.2, -0.15) is 0 Å². The number of amides is 1. The third-order valence-corrected chi connectivity index (χ3v) is 3.46. The van der Waals surface area contributed by atoms with Gasteiger partial charge in [-0.25, -0.2) is 4.79 Å². The van der Waals surface area contributed by atoms with Gasteiger partial charge in [0.25, 0.3) is 0 Å². The van der Waals surface area contributed by atoms with E-state index in [0.29, 0.717) is 6.42 Å². The minimum Gasteiger partial charge on any atom is -0.481 e. The van der Waals surface area contributed by atoms with Crippen molar-refractivity contribution in [3.05, 3.63) is 0 Å². The van der Waals surface area contributed by atoms with E-state index in [-0.39, 0.29) is 18.2 Å². The van der Waals surface area contributed by atoms with Crippen LogP contribution in [0.25, 0.3) is 0 Å². The number of carbonyl (C=O) groups is 2. The smallest absolute Gasteiger partial charge is 0.410 e. The monoisotopic (exact) mass is 241 g/mol. The maximum Gasteiger partial charge on any atom is 0.410 e. The van der Waals surface area contributed by atoms with Gasteiger partial charge in [-0.15, -0.1) is 0 Å². The van der Waals surface area contributed by atoms with E-state index in [4.69, 9.17) is 9.84 Å². The molecule has 2 aliphatic heterocycles. The van der Waals surface area contributed by atoms with Gasteiger partial charge in [-0.1, -0.05) is 0 Å². The number of carboxylic acids is 1. The molecule has 0 radical (unpaired) electrons. The molecule has 2 bridgehead atoms. The van der Waals surface area contributed by atoms with Crippen molar-refractivity contribution >= 4 is 12.1 Å². The molecule has 0 aliphatic carbocycles. The molecule has 5 heteroatoms. The summed E-state index contributed by atoms with van der Waals surface area (Å²) >= 11 is 0. The number of hydrogen-bond donors (Lipinski definition) is 1. The average molecular weight is 241 g/mol. The van der Waals surface area contributed by atoms with Crippen LogP contribution in [0.15, 0.2) is 0 Å². The van der Waals surface area contributed by atoms with E-state index in [9.17, 15) is 9.59 Å². The Morgan fingerprint density at radius 1 is 1.29 bits per heavy atom. The molecule has 2 fully saturated rings. The zero-order valence-electron chi connectivity index (χ0n) is 10.5. The Bertz CT molecular complexity index is 347. The molecule has 0 saturated carbocycles. The predicted octanol–water partition coefficient (Wildman–Crippen LogP) is 1.86. The van der Waals surface area contributed by atoms with Gasteiger partial charge in [0.05, 0.1) is 5.92 Å². The summed E-state index contributed by atoms with van der Waals surface area (Å²) in [5.41, 5.74) is -0.530. The van der Waals surface area contributed by atoms with Crippen LogP contribution >= 0.6 is 0 Å². The minimum absolute atomic E-state index is 0.0518. The van der Waals surface area contributed by atoms with Gasteiger partial charge in [0.15, 0.2) is 0 Å². The largest absolute Gasteiger partial charge is 0.481 e. The second-order valence-corrected chi connectivity index (χ2v) is 5.87. The van der Waals surface area contributed by atoms with Gasteiger partial charge in [0.1, 0.15) is 5.60 Å². The third-order valence-electron chi connectivity index (χ3n) is 3.46. The molecule has 2 aliphatic rings. The lowest BCUT2D eigenvalue weighted by Gasteiger charge is -2.27. The quantitative estimate of drug-likeness (QED) is 0.761. The van der Waals surface area contributed by atoms with Gasteiger partial charge in [-0.3, -0.25) is 4.79 Å². The van der Waals surface area contributed by atoms with E-state index in [1.54, 1.807) is 4.90 Å². The predicted molar refractivity (Wildman–Crippen MR) is 60.6 cm³/mol. The number of fused-ring (bicyclic) bond motifs is 2. The zero-order valence-corrected chi connectivity index (χ0v) is 10.5. The van der Waals surface area contributed by atoms with Gasteiger partial charge >= 0.3 is 12.1 Å². The van der Waals surface area contributed by atoms with Crippen molar-refractivity contribution in [3.8, 4) is 0 Å². The fraction of sp³-hybridized carbons (Fsp3) is 0.833. The average Bonchev–Trinajstić information content (AvgIpc) is 2.70. The third kappa shape index (κ3) is 2.23. The molecule has 2 saturated heterocycles. The summed E-state index contributed by atoms with van der Waals surface area (Å²) in [4.78, 5) is 24.7. The van der Waals surface area contributed by atoms with Crippen LogP contribution in [0.1, 0.15) is 40.0 Å². The van der Waals surface area contributed by atoms with E-state index in [2.05, 4.69) is 0 Å². The van der Waals surface area contributed by atoms with Crippen LogP contribution in [0.3, 0.4) is 0 Å². The topological polar surface area (TPSA) is 66.8 Å². The number of nitrogens with zero attached hydrogens (tertiary/aromatic N) is 1. The fourth-order valence-corrected chi connectivity index (χ4v) is 2.85. The van der Waals surface area contributed by atoms with Crippen LogP contribution in [0, 0.1) is 5.92 Å². The van der Waals surface area contributed by atoms with E-state index in [1.165, 1.54) is 0 Å². The highest BCUT2D eigenvalue weighted by atomic mass is 16.6. The molecule has 0 unspecified atom stereocenters. The summed E-state index contributed by atoms with van der Waals surface area (Å²) < 4.78 is 5.32. The van der Waals surface area contributed by atoms with Crippen molar-refractivity contribution in [2.24, 2.45) is 5.92 Å². The maximum atomic E-state index is 12.0. The van der Waals surface area contributed by atoms with Crippen molar-refractivity contribution in [2.75, 3.05) is 0 Å². The standard InChI is InChI=1S/C12H19NO4/c1-12(2,3)17-11(16)13-7-4-5-9(13)8(6-7)10(14)15/h7-9H,4-6H2,1-3H3,(H,14,15)/t7-,8+,9-/m1/s1. The van der Waals surface area contributed by atoms with Gasteiger partial charge in [-0.05, 0) is 40.0 Å². The van der Waals surface area contributed by atoms with Crippen LogP contribution in [-0.4, -0.2) is 39.8 Å². The second kappa shape index (κ2) is 3.89. The molecule has 17 heavy (non-hydrogen) atoms. The molecule has 96 valence electrons. The van der Waals surface area contributed by atoms with Gasteiger partial charge in [0.2, 0.25) is 0 Å². The summed E-state index contributed by atoms with van der Waals surface area (Å²) in [5.74, 6) is -1.22. The fourth-order valence-electron chi connectivity index (χ4n) is 2.85. The molecule has 2 heterocycles. The van der Waals surface area contributed by atoms with Crippen molar-refractivity contribution in [1.29, 1.82) is 0 Å². The molecular formula is C12H19NO4. The maximum absolute atomic E-state index is 12.0. The van der Waals surface area contributed by atoms with Crippen LogP contribution in [0.4, 0.5) is 4.79 Å². The summed E-state index contributed by atoms with van der Waals surface area (Å²) in [6, 6.07) is -0.122. The SMILES string of the molecule is CC(C)(C)OC(=O)N1[C@@H]2CC[C@@H]1[C@@H](C(=O)O)C2. The Morgan fingerprint density at radius 3 is 2.41 bits per heavy atom. The van der Waals surface area contributed by atoms with E-state index in [1.807, 2.05) is 20.8 Å². The number of carbonyl (C=O) groups excluding carboxylic acids is 1. The lowest BCUT2D eigenvalue weighted by atomic mass is 9.89. The van der Waals surface area contributed by atoms with Crippen LogP contribution < -0.4 is 0 Å². The van der Waals surface area contributed by atoms with Crippen molar-refractivity contribution in [3.63, 3.8) is 0 Å². The number of hydrogen-bond acceptors (Lipinski definition) is 3. The normalized spacial score (nSPS) is 31.7. The van der Waals surface area contributed by atoms with E-state index >= 15 is 0 Å². The van der Waals surface area contributed by atoms with Crippen LogP contribution in [0.5, 0.6) is 0 Å². The highest BCUT2D eigenvalue weighted by Gasteiger charge is 2.52. The molecule has 0 aromatic heterocycles. The lowest BCUT2D eigenvalue weighted by Crippen LogP contribution is -2.41. The van der Waals surface area contributed by atoms with Crippen molar-refractivity contribution < 1.29 is 19.4 Å². The summed E-state index contributed by atoms with van der Waals surface area (Å²) in [6.07, 6.45) is 1.88. The minimum atomic E-state index is -0.800. The Kier molecular flexibility index (Phi) is 2.79. The second-order valence-electron chi connectivity index (χ2n) is 5.87. The first-order valence-corrected chi connectivity index (χ1v) is 6.04. The van der Waals surface area contributed by atoms with Gasteiger partial charge < -0.3 is 14.7 Å². The molecule has 3 atom stereocenters. The number of ether oxygens (including phenoxy) is 1. The molecule has 0 aromatic carbocycles. The molecular weight excluding hydrogens is 222 g/mol. The Balaban J connectivity index is 2.08. The highest BCUT2D eigenvalue weighted by molar-refractivity contribution is 5.76. The van der Waals surface area contributed by atoms with Crippen molar-refractivity contribution in [1.82, 2.24) is 4.90 Å². The van der Waals surface area contributed by atoms with E-state index < -0.39 is 17.5 Å². The molecule has 5 nitrogen and oxygen atoms in total. The Labute approximate surface area is 101 Å². The Morgan fingerprint density at radius 2 is 1.94 bits per heavy atom. The van der Waals surface area contributed by atoms with Gasteiger partial charge in [0, 0.05) is 12.1 Å². The zero-order chi connectivity index (χ0) is 12.8. The van der Waals surface area contributed by atoms with E-state index in [0.717, 1.165) is 12.8 Å². The summed E-state index contributed by atoms with van der Waals surface area (Å²) in [5, 5.41) is 9.09.